The Hall–Kier alpha value is -3.05. The van der Waals surface area contributed by atoms with Crippen LogP contribution in [-0.2, 0) is 13.2 Å². The molecule has 1 atom stereocenters. The van der Waals surface area contributed by atoms with Crippen LogP contribution in [0.1, 0.15) is 29.7 Å². The highest BCUT2D eigenvalue weighted by atomic mass is 16.5. The highest BCUT2D eigenvalue weighted by Crippen LogP contribution is 2.44. The second-order valence-corrected chi connectivity index (χ2v) is 6.52. The maximum Gasteiger partial charge on any atom is 0.165 e. The van der Waals surface area contributed by atoms with Crippen molar-refractivity contribution in [2.45, 2.75) is 26.2 Å². The SMILES string of the molecule is COc1cc2c(cc1OCc1ccncc1)OCc1cc(C(C)O)ccc1-2. The van der Waals surface area contributed by atoms with Gasteiger partial charge in [-0.05, 0) is 53.4 Å². The number of fused-ring (bicyclic) bond motifs is 3. The molecule has 138 valence electrons. The van der Waals surface area contributed by atoms with E-state index in [4.69, 9.17) is 14.2 Å². The van der Waals surface area contributed by atoms with Crippen LogP contribution >= 0.6 is 0 Å². The van der Waals surface area contributed by atoms with Gasteiger partial charge in [0, 0.05) is 24.0 Å². The number of hydrogen-bond donors (Lipinski definition) is 1. The van der Waals surface area contributed by atoms with Crippen molar-refractivity contribution in [1.29, 1.82) is 0 Å². The molecule has 2 aromatic carbocycles. The van der Waals surface area contributed by atoms with E-state index in [-0.39, 0.29) is 0 Å². The molecule has 3 aromatic rings. The van der Waals surface area contributed by atoms with Crippen molar-refractivity contribution in [2.24, 2.45) is 0 Å². The molecular weight excluding hydrogens is 342 g/mol. The van der Waals surface area contributed by atoms with Crippen molar-refractivity contribution in [3.8, 4) is 28.4 Å². The van der Waals surface area contributed by atoms with E-state index in [0.717, 1.165) is 33.6 Å². The number of aromatic nitrogens is 1. The summed E-state index contributed by atoms with van der Waals surface area (Å²) in [6, 6.07) is 13.6. The van der Waals surface area contributed by atoms with Crippen LogP contribution in [0, 0.1) is 0 Å². The van der Waals surface area contributed by atoms with Crippen molar-refractivity contribution >= 4 is 0 Å². The molecular formula is C22H21NO4. The zero-order valence-electron chi connectivity index (χ0n) is 15.3. The van der Waals surface area contributed by atoms with Gasteiger partial charge in [0.15, 0.2) is 11.5 Å². The van der Waals surface area contributed by atoms with Gasteiger partial charge < -0.3 is 19.3 Å². The average molecular weight is 363 g/mol. The number of benzene rings is 2. The summed E-state index contributed by atoms with van der Waals surface area (Å²) < 4.78 is 17.4. The molecule has 0 saturated carbocycles. The number of aliphatic hydroxyl groups is 1. The minimum absolute atomic E-state index is 0.423. The van der Waals surface area contributed by atoms with Crippen molar-refractivity contribution in [3.05, 3.63) is 71.5 Å². The van der Waals surface area contributed by atoms with Crippen LogP contribution in [0.4, 0.5) is 0 Å². The predicted molar refractivity (Wildman–Crippen MR) is 102 cm³/mol. The second-order valence-electron chi connectivity index (χ2n) is 6.52. The van der Waals surface area contributed by atoms with Crippen LogP contribution < -0.4 is 14.2 Å². The van der Waals surface area contributed by atoms with Crippen LogP contribution in [0.5, 0.6) is 17.2 Å². The number of ether oxygens (including phenoxy) is 3. The van der Waals surface area contributed by atoms with E-state index >= 15 is 0 Å². The first-order valence-corrected chi connectivity index (χ1v) is 8.83. The van der Waals surface area contributed by atoms with Crippen molar-refractivity contribution < 1.29 is 19.3 Å². The van der Waals surface area contributed by atoms with Gasteiger partial charge in [-0.1, -0.05) is 12.1 Å². The molecule has 0 spiro atoms. The van der Waals surface area contributed by atoms with Gasteiger partial charge in [0.05, 0.1) is 13.2 Å². The van der Waals surface area contributed by atoms with Crippen LogP contribution in [0.2, 0.25) is 0 Å². The number of rotatable bonds is 5. The van der Waals surface area contributed by atoms with Gasteiger partial charge in [0.25, 0.3) is 0 Å². The van der Waals surface area contributed by atoms with E-state index in [1.54, 1.807) is 26.4 Å². The van der Waals surface area contributed by atoms with Crippen molar-refractivity contribution in [3.63, 3.8) is 0 Å². The van der Waals surface area contributed by atoms with E-state index < -0.39 is 6.10 Å². The third-order valence-corrected chi connectivity index (χ3v) is 4.69. The van der Waals surface area contributed by atoms with Gasteiger partial charge in [0.1, 0.15) is 19.0 Å². The van der Waals surface area contributed by atoms with Crippen LogP contribution in [0.3, 0.4) is 0 Å². The predicted octanol–water partition coefficient (Wildman–Crippen LogP) is 4.28. The van der Waals surface area contributed by atoms with E-state index in [0.29, 0.717) is 24.7 Å². The molecule has 1 N–H and O–H groups in total. The Morgan fingerprint density at radius 3 is 2.63 bits per heavy atom. The highest BCUT2D eigenvalue weighted by molar-refractivity contribution is 5.78. The van der Waals surface area contributed by atoms with Gasteiger partial charge >= 0.3 is 0 Å². The van der Waals surface area contributed by atoms with Gasteiger partial charge in [-0.2, -0.15) is 0 Å². The molecule has 1 aliphatic heterocycles. The molecule has 2 heterocycles. The smallest absolute Gasteiger partial charge is 0.165 e. The van der Waals surface area contributed by atoms with Crippen molar-refractivity contribution in [1.82, 2.24) is 4.98 Å². The van der Waals surface area contributed by atoms with E-state index in [1.165, 1.54) is 0 Å². The fourth-order valence-electron chi connectivity index (χ4n) is 3.19. The Kier molecular flexibility index (Phi) is 4.69. The number of nitrogens with zero attached hydrogens (tertiary/aromatic N) is 1. The standard InChI is InChI=1S/C22H21NO4/c1-14(24)16-3-4-18-17(9-16)13-27-20-11-22(21(25-2)10-19(18)20)26-12-15-5-7-23-8-6-15/h3-11,14,24H,12-13H2,1-2H3. The zero-order valence-corrected chi connectivity index (χ0v) is 15.3. The van der Waals surface area contributed by atoms with E-state index in [1.807, 2.05) is 42.5 Å². The van der Waals surface area contributed by atoms with E-state index in [9.17, 15) is 5.11 Å². The summed E-state index contributed by atoms with van der Waals surface area (Å²) in [5.41, 5.74) is 5.00. The third kappa shape index (κ3) is 3.46. The van der Waals surface area contributed by atoms with Crippen molar-refractivity contribution in [2.75, 3.05) is 7.11 Å². The molecule has 5 nitrogen and oxygen atoms in total. The normalized spacial score (nSPS) is 13.1. The highest BCUT2D eigenvalue weighted by Gasteiger charge is 2.22. The van der Waals surface area contributed by atoms with Gasteiger partial charge in [-0.15, -0.1) is 0 Å². The lowest BCUT2D eigenvalue weighted by molar-refractivity contribution is 0.199. The quantitative estimate of drug-likeness (QED) is 0.733. The van der Waals surface area contributed by atoms with E-state index in [2.05, 4.69) is 4.98 Å². The fraction of sp³-hybridized carbons (Fsp3) is 0.227. The molecule has 0 amide bonds. The summed E-state index contributed by atoms with van der Waals surface area (Å²) in [5, 5.41) is 9.81. The molecule has 1 aromatic heterocycles. The Bertz CT molecular complexity index is 954. The number of aliphatic hydroxyl groups excluding tert-OH is 1. The summed E-state index contributed by atoms with van der Waals surface area (Å²) >= 11 is 0. The lowest BCUT2D eigenvalue weighted by Crippen LogP contribution is -2.08. The maximum absolute atomic E-state index is 9.81. The largest absolute Gasteiger partial charge is 0.493 e. The summed E-state index contributed by atoms with van der Waals surface area (Å²) in [7, 11) is 1.63. The maximum atomic E-state index is 9.81. The minimum Gasteiger partial charge on any atom is -0.493 e. The van der Waals surface area contributed by atoms with Crippen LogP contribution in [0.15, 0.2) is 54.9 Å². The lowest BCUT2D eigenvalue weighted by atomic mass is 9.94. The average Bonchev–Trinajstić information content (AvgIpc) is 2.71. The first-order valence-electron chi connectivity index (χ1n) is 8.83. The molecule has 0 aliphatic carbocycles. The number of pyridine rings is 1. The molecule has 0 saturated heterocycles. The van der Waals surface area contributed by atoms with Gasteiger partial charge in [-0.3, -0.25) is 4.98 Å². The fourth-order valence-corrected chi connectivity index (χ4v) is 3.19. The first kappa shape index (κ1) is 17.4. The number of methoxy groups -OCH3 is 1. The third-order valence-electron chi connectivity index (χ3n) is 4.69. The Morgan fingerprint density at radius 2 is 1.89 bits per heavy atom. The molecule has 4 rings (SSSR count). The summed E-state index contributed by atoms with van der Waals surface area (Å²) in [6.07, 6.45) is 2.98. The molecule has 27 heavy (non-hydrogen) atoms. The monoisotopic (exact) mass is 363 g/mol. The zero-order chi connectivity index (χ0) is 18.8. The Morgan fingerprint density at radius 1 is 1.07 bits per heavy atom. The van der Waals surface area contributed by atoms with Crippen LogP contribution in [-0.4, -0.2) is 17.2 Å². The second kappa shape index (κ2) is 7.29. The topological polar surface area (TPSA) is 60.8 Å². The Balaban J connectivity index is 1.67. The molecule has 0 fully saturated rings. The molecule has 1 unspecified atom stereocenters. The lowest BCUT2D eigenvalue weighted by Gasteiger charge is -2.24. The summed E-state index contributed by atoms with van der Waals surface area (Å²) in [4.78, 5) is 4.01. The van der Waals surface area contributed by atoms with Crippen LogP contribution in [0.25, 0.3) is 11.1 Å². The first-order chi connectivity index (χ1) is 13.2. The molecule has 0 bridgehead atoms. The Labute approximate surface area is 158 Å². The summed E-state index contributed by atoms with van der Waals surface area (Å²) in [5.74, 6) is 2.05. The summed E-state index contributed by atoms with van der Waals surface area (Å²) in [6.45, 7) is 2.64. The minimum atomic E-state index is -0.504. The molecule has 5 heteroatoms. The molecule has 0 radical (unpaired) electrons. The van der Waals surface area contributed by atoms with Gasteiger partial charge in [0.2, 0.25) is 0 Å². The van der Waals surface area contributed by atoms with Gasteiger partial charge in [-0.25, -0.2) is 0 Å². The number of hydrogen-bond acceptors (Lipinski definition) is 5. The molecule has 1 aliphatic rings.